The number of alkyl halides is 1. The summed E-state index contributed by atoms with van der Waals surface area (Å²) < 4.78 is 14.2. The number of anilines is 2. The maximum Gasteiger partial charge on any atom is 0.337 e. The number of aliphatic imine (C=N–C) groups is 1. The molecule has 1 N–H and O–H groups in total. The van der Waals surface area contributed by atoms with Crippen LogP contribution in [0, 0.1) is 5.82 Å². The molecule has 0 bridgehead atoms. The van der Waals surface area contributed by atoms with Crippen LogP contribution in [0.1, 0.15) is 0 Å². The molecule has 27 heavy (non-hydrogen) atoms. The summed E-state index contributed by atoms with van der Waals surface area (Å²) in [4.78, 5) is 31.0. The first kappa shape index (κ1) is 19.1. The van der Waals surface area contributed by atoms with Crippen LogP contribution in [0.3, 0.4) is 0 Å². The minimum Gasteiger partial charge on any atom is -0.362 e. The molecule has 140 valence electrons. The van der Waals surface area contributed by atoms with Gasteiger partial charge in [0.05, 0.1) is 22.3 Å². The topological polar surface area (TPSA) is 65.0 Å². The number of likely N-dealkylation sites (N-methyl/N-ethyl adjacent to an activating group) is 1. The Morgan fingerprint density at radius 2 is 1.81 bits per heavy atom. The molecular formula is C18H15Cl2FN4O2. The monoisotopic (exact) mass is 408 g/mol. The molecule has 9 heteroatoms. The van der Waals surface area contributed by atoms with Crippen LogP contribution in [0.25, 0.3) is 0 Å². The predicted molar refractivity (Wildman–Crippen MR) is 104 cm³/mol. The normalized spacial score (nSPS) is 17.0. The lowest BCUT2D eigenvalue weighted by atomic mass is 10.3. The van der Waals surface area contributed by atoms with Crippen molar-refractivity contribution in [1.29, 1.82) is 0 Å². The van der Waals surface area contributed by atoms with Crippen LogP contribution >= 0.6 is 23.2 Å². The molecule has 1 saturated heterocycles. The number of carbonyl (C=O) groups is 2. The number of amidine groups is 1. The average Bonchev–Trinajstić information content (AvgIpc) is 2.87. The van der Waals surface area contributed by atoms with Gasteiger partial charge in [-0.1, -0.05) is 35.9 Å². The van der Waals surface area contributed by atoms with Gasteiger partial charge in [-0.15, -0.1) is 11.6 Å². The number of rotatable bonds is 5. The van der Waals surface area contributed by atoms with E-state index in [9.17, 15) is 14.0 Å². The van der Waals surface area contributed by atoms with Crippen LogP contribution in [0.15, 0.2) is 53.5 Å². The first-order valence-corrected chi connectivity index (χ1v) is 8.86. The number of hydrogen-bond donors (Lipinski definition) is 1. The Bertz CT molecular complexity index is 922. The van der Waals surface area contributed by atoms with E-state index in [4.69, 9.17) is 23.2 Å². The van der Waals surface area contributed by atoms with Gasteiger partial charge in [0.25, 0.3) is 5.91 Å². The second-order valence-corrected chi connectivity index (χ2v) is 6.40. The zero-order valence-electron chi connectivity index (χ0n) is 14.2. The Kier molecular flexibility index (Phi) is 5.62. The van der Waals surface area contributed by atoms with Gasteiger partial charge in [0.1, 0.15) is 12.0 Å². The molecule has 3 rings (SSSR count). The molecule has 1 heterocycles. The lowest BCUT2D eigenvalue weighted by Gasteiger charge is -2.19. The number of urea groups is 1. The Balaban J connectivity index is 2.00. The molecule has 0 radical (unpaired) electrons. The second kappa shape index (κ2) is 7.94. The summed E-state index contributed by atoms with van der Waals surface area (Å²) >= 11 is 12.1. The van der Waals surface area contributed by atoms with E-state index in [2.05, 4.69) is 10.3 Å². The second-order valence-electron chi connectivity index (χ2n) is 5.68. The van der Waals surface area contributed by atoms with Gasteiger partial charge in [0, 0.05) is 7.05 Å². The van der Waals surface area contributed by atoms with Crippen LogP contribution in [0.2, 0.25) is 5.02 Å². The maximum atomic E-state index is 14.2. The number of nitrogens with zero attached hydrogens (tertiary/aromatic N) is 3. The van der Waals surface area contributed by atoms with Crippen LogP contribution in [0.5, 0.6) is 0 Å². The molecule has 1 atom stereocenters. The van der Waals surface area contributed by atoms with E-state index in [1.54, 1.807) is 30.3 Å². The third-order valence-corrected chi connectivity index (χ3v) is 4.52. The minimum absolute atomic E-state index is 0.00891. The van der Waals surface area contributed by atoms with Crippen LogP contribution in [-0.4, -0.2) is 41.8 Å². The van der Waals surface area contributed by atoms with Gasteiger partial charge in [-0.05, 0) is 24.3 Å². The largest absolute Gasteiger partial charge is 0.362 e. The predicted octanol–water partition coefficient (Wildman–Crippen LogP) is 3.95. The van der Waals surface area contributed by atoms with Crippen molar-refractivity contribution in [2.45, 2.75) is 6.17 Å². The van der Waals surface area contributed by atoms with Crippen molar-refractivity contribution in [1.82, 2.24) is 4.90 Å². The first-order valence-electron chi connectivity index (χ1n) is 7.95. The smallest absolute Gasteiger partial charge is 0.337 e. The number of nitrogens with one attached hydrogen (secondary N) is 1. The number of benzene rings is 2. The van der Waals surface area contributed by atoms with Gasteiger partial charge in [-0.2, -0.15) is 0 Å². The van der Waals surface area contributed by atoms with Crippen molar-refractivity contribution in [3.05, 3.63) is 59.4 Å². The Morgan fingerprint density at radius 1 is 1.15 bits per heavy atom. The summed E-state index contributed by atoms with van der Waals surface area (Å²) in [7, 11) is 1.30. The maximum absolute atomic E-state index is 14.2. The van der Waals surface area contributed by atoms with E-state index in [0.717, 1.165) is 9.80 Å². The van der Waals surface area contributed by atoms with Crippen molar-refractivity contribution in [3.8, 4) is 0 Å². The van der Waals surface area contributed by atoms with E-state index >= 15 is 0 Å². The summed E-state index contributed by atoms with van der Waals surface area (Å²) in [6, 6.07) is 11.9. The fraction of sp³-hybridized carbons (Fsp3) is 0.167. The number of amides is 3. The fourth-order valence-electron chi connectivity index (χ4n) is 2.55. The van der Waals surface area contributed by atoms with E-state index < -0.39 is 23.9 Å². The van der Waals surface area contributed by atoms with Crippen LogP contribution < -0.4 is 10.2 Å². The van der Waals surface area contributed by atoms with Crippen molar-refractivity contribution in [2.75, 3.05) is 23.1 Å². The van der Waals surface area contributed by atoms with Gasteiger partial charge in [0.2, 0.25) is 5.84 Å². The lowest BCUT2D eigenvalue weighted by molar-refractivity contribution is -0.119. The van der Waals surface area contributed by atoms with Crippen LogP contribution in [0.4, 0.5) is 20.6 Å². The van der Waals surface area contributed by atoms with Gasteiger partial charge in [-0.25, -0.2) is 19.1 Å². The Labute approximate surface area is 165 Å². The lowest BCUT2D eigenvalue weighted by Crippen LogP contribution is -2.34. The van der Waals surface area contributed by atoms with Gasteiger partial charge in [-0.3, -0.25) is 9.69 Å². The van der Waals surface area contributed by atoms with Gasteiger partial charge >= 0.3 is 6.03 Å². The molecule has 1 unspecified atom stereocenters. The molecule has 1 aliphatic heterocycles. The highest BCUT2D eigenvalue weighted by atomic mass is 35.5. The van der Waals surface area contributed by atoms with E-state index in [1.807, 2.05) is 0 Å². The summed E-state index contributed by atoms with van der Waals surface area (Å²) in [6.07, 6.45) is -0.765. The molecule has 2 aromatic rings. The molecule has 3 amide bonds. The van der Waals surface area contributed by atoms with Crippen molar-refractivity contribution in [2.24, 2.45) is 4.99 Å². The molecule has 2 aromatic carbocycles. The van der Waals surface area contributed by atoms with Gasteiger partial charge in [0.15, 0.2) is 0 Å². The zero-order chi connectivity index (χ0) is 19.6. The first-order chi connectivity index (χ1) is 12.9. The standard InChI is InChI=1S/C18H15Cl2FN4O2/c1-24-17(26)16(25(18(24)27)14-9-5-3-7-12(14)21)23-15(10-19)22-13-8-4-2-6-11(13)20/h2-9,15,22H,10H2,1H3. The molecule has 0 saturated carbocycles. The van der Waals surface area contributed by atoms with Crippen molar-refractivity contribution >= 4 is 52.4 Å². The fourth-order valence-corrected chi connectivity index (χ4v) is 2.88. The van der Waals surface area contributed by atoms with Gasteiger partial charge < -0.3 is 5.32 Å². The number of halogens is 3. The SMILES string of the molecule is CN1C(=O)C(=NC(CCl)Nc2ccccc2Cl)N(c2ccccc2F)C1=O. The molecule has 0 aromatic heterocycles. The number of hydrogen-bond acceptors (Lipinski definition) is 4. The highest BCUT2D eigenvalue weighted by Gasteiger charge is 2.42. The van der Waals surface area contributed by atoms with Crippen molar-refractivity contribution in [3.63, 3.8) is 0 Å². The average molecular weight is 409 g/mol. The quantitative estimate of drug-likeness (QED) is 0.601. The third-order valence-electron chi connectivity index (χ3n) is 3.90. The number of carbonyl (C=O) groups excluding carboxylic acids is 2. The molecule has 0 aliphatic carbocycles. The Morgan fingerprint density at radius 3 is 2.48 bits per heavy atom. The van der Waals surface area contributed by atoms with Crippen molar-refractivity contribution < 1.29 is 14.0 Å². The summed E-state index contributed by atoms with van der Waals surface area (Å²) in [5.41, 5.74) is 0.502. The molecule has 0 spiro atoms. The summed E-state index contributed by atoms with van der Waals surface area (Å²) in [6.45, 7) is 0. The number of imide groups is 1. The zero-order valence-corrected chi connectivity index (χ0v) is 15.7. The Hall–Kier alpha value is -2.64. The molecule has 1 fully saturated rings. The van der Waals surface area contributed by atoms with E-state index in [0.29, 0.717) is 10.7 Å². The summed E-state index contributed by atoms with van der Waals surface area (Å²) in [5.74, 6) is -1.54. The highest BCUT2D eigenvalue weighted by Crippen LogP contribution is 2.26. The molecule has 1 aliphatic rings. The highest BCUT2D eigenvalue weighted by molar-refractivity contribution is 6.54. The minimum atomic E-state index is -0.765. The summed E-state index contributed by atoms with van der Waals surface area (Å²) in [5, 5.41) is 3.46. The van der Waals surface area contributed by atoms with E-state index in [-0.39, 0.29) is 17.4 Å². The third kappa shape index (κ3) is 3.74. The van der Waals surface area contributed by atoms with E-state index in [1.165, 1.54) is 25.2 Å². The molecular weight excluding hydrogens is 394 g/mol. The number of para-hydroxylation sites is 2. The molecule has 6 nitrogen and oxygen atoms in total. The van der Waals surface area contributed by atoms with Crippen LogP contribution in [-0.2, 0) is 4.79 Å².